The van der Waals surface area contributed by atoms with Gasteiger partial charge in [0.05, 0.1) is 20.8 Å². The molecule has 0 atom stereocenters. The number of aromatic nitrogens is 3. The zero-order chi connectivity index (χ0) is 20.3. The Labute approximate surface area is 177 Å². The van der Waals surface area contributed by atoms with Gasteiger partial charge in [-0.05, 0) is 34.7 Å². The number of fused-ring (bicyclic) bond motifs is 1. The van der Waals surface area contributed by atoms with Crippen molar-refractivity contribution >= 4 is 47.5 Å². The highest BCUT2D eigenvalue weighted by molar-refractivity contribution is 14.1. The Morgan fingerprint density at radius 2 is 2.11 bits per heavy atom. The second-order valence-electron chi connectivity index (χ2n) is 7.53. The molecule has 0 aliphatic carbocycles. The van der Waals surface area contributed by atoms with Crippen LogP contribution in [0.15, 0.2) is 36.7 Å². The third-order valence-electron chi connectivity index (χ3n) is 3.98. The molecular weight excluding hydrogens is 491 g/mol. The van der Waals surface area contributed by atoms with E-state index < -0.39 is 13.0 Å². The quantitative estimate of drug-likeness (QED) is 0.138. The van der Waals surface area contributed by atoms with Crippen molar-refractivity contribution in [1.82, 2.24) is 14.5 Å². The van der Waals surface area contributed by atoms with Crippen molar-refractivity contribution < 1.29 is 14.4 Å². The van der Waals surface area contributed by atoms with Crippen molar-refractivity contribution in [3.8, 4) is 11.6 Å². The molecule has 0 aliphatic heterocycles. The molecule has 2 heterocycles. The summed E-state index contributed by atoms with van der Waals surface area (Å²) in [7, 11) is -1.12. The predicted octanol–water partition coefficient (Wildman–Crippen LogP) is 5.05. The van der Waals surface area contributed by atoms with E-state index in [9.17, 15) is 10.1 Å². The summed E-state index contributed by atoms with van der Waals surface area (Å²) >= 11 is 2.20. The maximum atomic E-state index is 10.9. The first-order valence-electron chi connectivity index (χ1n) is 8.74. The number of nitro benzene ring substituents is 1. The zero-order valence-corrected chi connectivity index (χ0v) is 19.0. The molecule has 0 N–H and O–H groups in total. The van der Waals surface area contributed by atoms with E-state index >= 15 is 0 Å². The van der Waals surface area contributed by atoms with Gasteiger partial charge in [0.1, 0.15) is 18.0 Å². The molecule has 0 aliphatic rings. The highest BCUT2D eigenvalue weighted by Gasteiger charge is 2.15. The molecule has 148 valence electrons. The Morgan fingerprint density at radius 1 is 1.32 bits per heavy atom. The average molecular weight is 512 g/mol. The standard InChI is InChI=1S/C18H21IN4O4Si/c1-28(2,3)8-7-26-12-22-11-15(19)17-18(22)20-10-16(21-17)27-14-6-4-5-13(9-14)23(24)25/h4-6,9-11H,7-8,12H2,1-3H3. The second-order valence-corrected chi connectivity index (χ2v) is 14.3. The summed E-state index contributed by atoms with van der Waals surface area (Å²) in [4.78, 5) is 19.4. The molecule has 0 radical (unpaired) electrons. The molecule has 0 saturated carbocycles. The molecule has 1 aromatic carbocycles. The molecule has 0 amide bonds. The van der Waals surface area contributed by atoms with Crippen LogP contribution in [0.1, 0.15) is 0 Å². The van der Waals surface area contributed by atoms with Crippen LogP contribution in [0.2, 0.25) is 25.7 Å². The van der Waals surface area contributed by atoms with Crippen LogP contribution in [0.25, 0.3) is 11.2 Å². The number of hydrogen-bond acceptors (Lipinski definition) is 6. The second kappa shape index (κ2) is 8.53. The minimum Gasteiger partial charge on any atom is -0.437 e. The molecule has 0 unspecified atom stereocenters. The van der Waals surface area contributed by atoms with Crippen molar-refractivity contribution in [1.29, 1.82) is 0 Å². The molecule has 2 aromatic heterocycles. The lowest BCUT2D eigenvalue weighted by molar-refractivity contribution is -0.384. The first kappa shape index (κ1) is 20.7. The molecule has 10 heteroatoms. The highest BCUT2D eigenvalue weighted by Crippen LogP contribution is 2.27. The van der Waals surface area contributed by atoms with Crippen molar-refractivity contribution in [2.24, 2.45) is 0 Å². The predicted molar refractivity (Wildman–Crippen MR) is 118 cm³/mol. The van der Waals surface area contributed by atoms with Crippen LogP contribution in [-0.4, -0.2) is 34.1 Å². The summed E-state index contributed by atoms with van der Waals surface area (Å²) in [6, 6.07) is 7.08. The summed E-state index contributed by atoms with van der Waals surface area (Å²) in [5, 5.41) is 10.9. The fraction of sp³-hybridized carbons (Fsp3) is 0.333. The van der Waals surface area contributed by atoms with Crippen molar-refractivity contribution in [3.63, 3.8) is 0 Å². The van der Waals surface area contributed by atoms with E-state index in [1.165, 1.54) is 18.3 Å². The number of halogens is 1. The monoisotopic (exact) mass is 512 g/mol. The summed E-state index contributed by atoms with van der Waals surface area (Å²) in [5.41, 5.74) is 1.38. The topological polar surface area (TPSA) is 92.3 Å². The minimum atomic E-state index is -1.12. The summed E-state index contributed by atoms with van der Waals surface area (Å²) in [6.07, 6.45) is 3.45. The molecule has 3 rings (SSSR count). The van der Waals surface area contributed by atoms with Gasteiger partial charge in [-0.3, -0.25) is 10.1 Å². The van der Waals surface area contributed by atoms with Gasteiger partial charge in [-0.15, -0.1) is 0 Å². The van der Waals surface area contributed by atoms with Gasteiger partial charge in [-0.1, -0.05) is 25.7 Å². The number of rotatable bonds is 8. The van der Waals surface area contributed by atoms with Crippen molar-refractivity contribution in [3.05, 3.63) is 50.3 Å². The lowest BCUT2D eigenvalue weighted by Gasteiger charge is -2.15. The zero-order valence-electron chi connectivity index (χ0n) is 15.9. The van der Waals surface area contributed by atoms with Crippen LogP contribution >= 0.6 is 22.6 Å². The third kappa shape index (κ3) is 5.26. The summed E-state index contributed by atoms with van der Waals surface area (Å²) < 4.78 is 14.3. The van der Waals surface area contributed by atoms with E-state index in [0.29, 0.717) is 23.6 Å². The SMILES string of the molecule is C[Si](C)(C)CCOCn1cc(I)c2nc(Oc3cccc([N+](=O)[O-])c3)cnc21. The summed E-state index contributed by atoms with van der Waals surface area (Å²) in [6.45, 7) is 8.10. The van der Waals surface area contributed by atoms with Gasteiger partial charge in [0.25, 0.3) is 5.69 Å². The van der Waals surface area contributed by atoms with Crippen LogP contribution in [0.3, 0.4) is 0 Å². The first-order chi connectivity index (χ1) is 13.2. The average Bonchev–Trinajstić information content (AvgIpc) is 2.94. The Hall–Kier alpha value is -2.05. The van der Waals surface area contributed by atoms with Crippen LogP contribution in [0.4, 0.5) is 5.69 Å². The van der Waals surface area contributed by atoms with E-state index in [4.69, 9.17) is 9.47 Å². The third-order valence-corrected chi connectivity index (χ3v) is 6.47. The van der Waals surface area contributed by atoms with Gasteiger partial charge in [-0.2, -0.15) is 0 Å². The number of nitrogens with zero attached hydrogens (tertiary/aromatic N) is 4. The summed E-state index contributed by atoms with van der Waals surface area (Å²) in [5.74, 6) is 0.621. The molecular formula is C18H21IN4O4Si. The van der Waals surface area contributed by atoms with Gasteiger partial charge < -0.3 is 14.0 Å². The van der Waals surface area contributed by atoms with E-state index in [2.05, 4.69) is 52.2 Å². The number of nitro groups is 1. The fourth-order valence-corrected chi connectivity index (χ4v) is 3.92. The van der Waals surface area contributed by atoms with E-state index in [0.717, 1.165) is 16.2 Å². The van der Waals surface area contributed by atoms with E-state index in [-0.39, 0.29) is 11.6 Å². The van der Waals surface area contributed by atoms with Crippen molar-refractivity contribution in [2.75, 3.05) is 6.61 Å². The van der Waals surface area contributed by atoms with Crippen molar-refractivity contribution in [2.45, 2.75) is 32.4 Å². The largest absolute Gasteiger partial charge is 0.437 e. The fourth-order valence-electron chi connectivity index (χ4n) is 2.47. The molecule has 3 aromatic rings. The highest BCUT2D eigenvalue weighted by atomic mass is 127. The van der Waals surface area contributed by atoms with Gasteiger partial charge in [0, 0.05) is 26.9 Å². The van der Waals surface area contributed by atoms with E-state index in [1.54, 1.807) is 12.1 Å². The molecule has 0 bridgehead atoms. The van der Waals surface area contributed by atoms with Gasteiger partial charge >= 0.3 is 0 Å². The maximum absolute atomic E-state index is 10.9. The Balaban J connectivity index is 1.74. The lowest BCUT2D eigenvalue weighted by atomic mass is 10.3. The van der Waals surface area contributed by atoms with Gasteiger partial charge in [-0.25, -0.2) is 9.97 Å². The molecule has 0 saturated heterocycles. The smallest absolute Gasteiger partial charge is 0.273 e. The number of non-ortho nitro benzene ring substituents is 1. The Bertz CT molecular complexity index is 1000. The Kier molecular flexibility index (Phi) is 6.30. The van der Waals surface area contributed by atoms with Crippen LogP contribution < -0.4 is 4.74 Å². The maximum Gasteiger partial charge on any atom is 0.273 e. The molecule has 8 nitrogen and oxygen atoms in total. The molecule has 0 fully saturated rings. The molecule has 0 spiro atoms. The number of benzene rings is 1. The Morgan fingerprint density at radius 3 is 2.82 bits per heavy atom. The van der Waals surface area contributed by atoms with Crippen LogP contribution in [-0.2, 0) is 11.5 Å². The van der Waals surface area contributed by atoms with Gasteiger partial charge in [0.2, 0.25) is 5.88 Å². The van der Waals surface area contributed by atoms with Gasteiger partial charge in [0.15, 0.2) is 5.65 Å². The normalized spacial score (nSPS) is 11.7. The number of ether oxygens (including phenoxy) is 2. The van der Waals surface area contributed by atoms with Crippen LogP contribution in [0.5, 0.6) is 11.6 Å². The molecule has 28 heavy (non-hydrogen) atoms. The first-order valence-corrected chi connectivity index (χ1v) is 13.5. The lowest BCUT2D eigenvalue weighted by Crippen LogP contribution is -2.22. The number of hydrogen-bond donors (Lipinski definition) is 0. The van der Waals surface area contributed by atoms with E-state index in [1.807, 2.05) is 10.8 Å². The minimum absolute atomic E-state index is 0.0391. The van der Waals surface area contributed by atoms with Crippen LogP contribution in [0, 0.1) is 13.7 Å².